The third-order valence-electron chi connectivity index (χ3n) is 4.28. The molecule has 1 N–H and O–H groups in total. The Balaban J connectivity index is 2.00. The van der Waals surface area contributed by atoms with Crippen molar-refractivity contribution in [1.82, 2.24) is 19.4 Å². The van der Waals surface area contributed by atoms with Crippen LogP contribution in [0.1, 0.15) is 17.3 Å². The van der Waals surface area contributed by atoms with E-state index in [1.54, 1.807) is 4.90 Å². The highest BCUT2D eigenvalue weighted by Crippen LogP contribution is 2.18. The lowest BCUT2D eigenvalue weighted by Crippen LogP contribution is -2.49. The van der Waals surface area contributed by atoms with Gasteiger partial charge in [-0.3, -0.25) is 9.59 Å². The van der Waals surface area contributed by atoms with Crippen LogP contribution < -0.4 is 5.32 Å². The molecule has 1 saturated heterocycles. The largest absolute Gasteiger partial charge is 0.351 e. The van der Waals surface area contributed by atoms with Crippen LogP contribution in [0, 0.1) is 0 Å². The van der Waals surface area contributed by atoms with Crippen molar-refractivity contribution in [2.45, 2.75) is 11.8 Å². The molecule has 0 saturated carbocycles. The number of carbonyl (C=O) groups excluding carboxylic acids is 2. The predicted octanol–water partition coefficient (Wildman–Crippen LogP) is -0.169. The van der Waals surface area contributed by atoms with Gasteiger partial charge in [-0.2, -0.15) is 4.31 Å². The van der Waals surface area contributed by atoms with Gasteiger partial charge in [0, 0.05) is 51.8 Å². The van der Waals surface area contributed by atoms with Crippen molar-refractivity contribution in [3.05, 3.63) is 29.8 Å². The number of hydrogen-bond acceptors (Lipinski definition) is 5. The molecule has 8 nitrogen and oxygen atoms in total. The van der Waals surface area contributed by atoms with E-state index in [1.165, 1.54) is 35.5 Å². The first kappa shape index (κ1) is 20.3. The smallest absolute Gasteiger partial charge is 0.251 e. The van der Waals surface area contributed by atoms with Crippen molar-refractivity contribution in [2.24, 2.45) is 0 Å². The Hall–Kier alpha value is -1.97. The second kappa shape index (κ2) is 8.61. The number of likely N-dealkylation sites (N-methyl/N-ethyl adjacent to an activating group) is 1. The number of sulfonamides is 1. The summed E-state index contributed by atoms with van der Waals surface area (Å²) < 4.78 is 26.8. The minimum absolute atomic E-state index is 0.0494. The summed E-state index contributed by atoms with van der Waals surface area (Å²) in [6.07, 6.45) is 0. The monoisotopic (exact) mass is 382 g/mol. The fourth-order valence-electron chi connectivity index (χ4n) is 2.67. The number of amides is 2. The third kappa shape index (κ3) is 5.03. The number of hydrogen-bond donors (Lipinski definition) is 1. The molecule has 144 valence electrons. The number of carbonyl (C=O) groups is 2. The van der Waals surface area contributed by atoms with E-state index < -0.39 is 10.0 Å². The predicted molar refractivity (Wildman–Crippen MR) is 98.3 cm³/mol. The number of nitrogens with zero attached hydrogens (tertiary/aromatic N) is 3. The maximum Gasteiger partial charge on any atom is 0.251 e. The molecule has 26 heavy (non-hydrogen) atoms. The minimum Gasteiger partial charge on any atom is -0.351 e. The molecule has 1 aliphatic heterocycles. The van der Waals surface area contributed by atoms with E-state index in [0.717, 1.165) is 6.54 Å². The lowest BCUT2D eigenvalue weighted by Gasteiger charge is -2.33. The van der Waals surface area contributed by atoms with E-state index in [0.29, 0.717) is 25.2 Å². The van der Waals surface area contributed by atoms with Gasteiger partial charge < -0.3 is 15.1 Å². The van der Waals surface area contributed by atoms with Gasteiger partial charge in [0.25, 0.3) is 5.91 Å². The zero-order chi connectivity index (χ0) is 19.3. The summed E-state index contributed by atoms with van der Waals surface area (Å²) in [6.45, 7) is 4.05. The number of nitrogens with one attached hydrogen (secondary N) is 1. The molecule has 2 amide bonds. The second-order valence-electron chi connectivity index (χ2n) is 6.49. The summed E-state index contributed by atoms with van der Waals surface area (Å²) in [5.41, 5.74) is 0.420. The highest BCUT2D eigenvalue weighted by atomic mass is 32.2. The van der Waals surface area contributed by atoms with Crippen molar-refractivity contribution in [2.75, 3.05) is 53.4 Å². The fraction of sp³-hybridized carbons (Fsp3) is 0.529. The Kier molecular flexibility index (Phi) is 6.74. The summed E-state index contributed by atoms with van der Waals surface area (Å²) in [6, 6.07) is 5.94. The van der Waals surface area contributed by atoms with Gasteiger partial charge in [-0.15, -0.1) is 0 Å². The van der Waals surface area contributed by atoms with E-state index in [9.17, 15) is 18.0 Å². The fourth-order valence-corrected chi connectivity index (χ4v) is 4.09. The first-order chi connectivity index (χ1) is 12.2. The lowest BCUT2D eigenvalue weighted by molar-refractivity contribution is -0.129. The first-order valence-electron chi connectivity index (χ1n) is 8.50. The van der Waals surface area contributed by atoms with Gasteiger partial charge in [0.05, 0.1) is 4.90 Å². The van der Waals surface area contributed by atoms with Crippen LogP contribution in [0.3, 0.4) is 0 Å². The summed E-state index contributed by atoms with van der Waals surface area (Å²) in [4.78, 5) is 27.2. The molecular weight excluding hydrogens is 356 g/mol. The maximum atomic E-state index is 12.7. The third-order valence-corrected chi connectivity index (χ3v) is 6.20. The van der Waals surface area contributed by atoms with E-state index in [2.05, 4.69) is 5.32 Å². The second-order valence-corrected chi connectivity index (χ2v) is 8.43. The average molecular weight is 382 g/mol. The average Bonchev–Trinajstić information content (AvgIpc) is 2.61. The van der Waals surface area contributed by atoms with E-state index in [-0.39, 0.29) is 29.8 Å². The van der Waals surface area contributed by atoms with Gasteiger partial charge in [-0.05, 0) is 38.4 Å². The van der Waals surface area contributed by atoms with Crippen molar-refractivity contribution in [3.63, 3.8) is 0 Å². The van der Waals surface area contributed by atoms with Gasteiger partial charge in [-0.1, -0.05) is 0 Å². The van der Waals surface area contributed by atoms with Crippen molar-refractivity contribution >= 4 is 21.8 Å². The highest BCUT2D eigenvalue weighted by molar-refractivity contribution is 7.89. The molecule has 1 aliphatic rings. The van der Waals surface area contributed by atoms with Crippen molar-refractivity contribution in [1.29, 1.82) is 0 Å². The molecule has 0 spiro atoms. The lowest BCUT2D eigenvalue weighted by atomic mass is 10.2. The summed E-state index contributed by atoms with van der Waals surface area (Å²) >= 11 is 0. The van der Waals surface area contributed by atoms with Crippen LogP contribution in [0.25, 0.3) is 0 Å². The van der Waals surface area contributed by atoms with Crippen molar-refractivity contribution < 1.29 is 18.0 Å². The molecular formula is C17H26N4O4S. The van der Waals surface area contributed by atoms with E-state index in [1.807, 2.05) is 19.0 Å². The topological polar surface area (TPSA) is 90.0 Å². The Bertz CT molecular complexity index is 739. The molecule has 0 radical (unpaired) electrons. The van der Waals surface area contributed by atoms with Gasteiger partial charge in [0.15, 0.2) is 0 Å². The van der Waals surface area contributed by atoms with Crippen LogP contribution >= 0.6 is 0 Å². The molecule has 1 fully saturated rings. The van der Waals surface area contributed by atoms with Crippen LogP contribution in [-0.4, -0.2) is 87.7 Å². The summed E-state index contributed by atoms with van der Waals surface area (Å²) in [5.74, 6) is -0.280. The summed E-state index contributed by atoms with van der Waals surface area (Å²) in [5, 5.41) is 2.79. The Morgan fingerprint density at radius 1 is 1.08 bits per heavy atom. The Labute approximate surface area is 154 Å². The first-order valence-corrected chi connectivity index (χ1v) is 9.94. The number of piperazine rings is 1. The highest BCUT2D eigenvalue weighted by Gasteiger charge is 2.29. The molecule has 0 aromatic heterocycles. The van der Waals surface area contributed by atoms with Gasteiger partial charge in [-0.25, -0.2) is 8.42 Å². The van der Waals surface area contributed by atoms with Crippen LogP contribution in [0.15, 0.2) is 29.2 Å². The van der Waals surface area contributed by atoms with Crippen molar-refractivity contribution in [3.8, 4) is 0 Å². The van der Waals surface area contributed by atoms with Gasteiger partial charge in [0.1, 0.15) is 0 Å². The normalized spacial score (nSPS) is 15.9. The molecule has 0 bridgehead atoms. The zero-order valence-corrected chi connectivity index (χ0v) is 16.3. The van der Waals surface area contributed by atoms with E-state index >= 15 is 0 Å². The van der Waals surface area contributed by atoms with Crippen LogP contribution in [0.2, 0.25) is 0 Å². The van der Waals surface area contributed by atoms with Gasteiger partial charge >= 0.3 is 0 Å². The molecule has 0 aliphatic carbocycles. The van der Waals surface area contributed by atoms with Crippen LogP contribution in [0.5, 0.6) is 0 Å². The van der Waals surface area contributed by atoms with Crippen LogP contribution in [-0.2, 0) is 14.8 Å². The molecule has 1 heterocycles. The Morgan fingerprint density at radius 2 is 1.65 bits per heavy atom. The minimum atomic E-state index is -3.62. The molecule has 0 atom stereocenters. The molecule has 9 heteroatoms. The molecule has 1 aromatic carbocycles. The zero-order valence-electron chi connectivity index (χ0n) is 15.4. The SMILES string of the molecule is CC(=O)N1CCN(S(=O)(=O)c2ccc(C(=O)NCCN(C)C)cc2)CC1. The maximum absolute atomic E-state index is 12.7. The summed E-state index contributed by atoms with van der Waals surface area (Å²) in [7, 11) is 0.213. The van der Waals surface area contributed by atoms with E-state index in [4.69, 9.17) is 0 Å². The molecule has 0 unspecified atom stereocenters. The van der Waals surface area contributed by atoms with Gasteiger partial charge in [0.2, 0.25) is 15.9 Å². The standard InChI is InChI=1S/C17H26N4O4S/c1-14(22)20-10-12-21(13-11-20)26(24,25)16-6-4-15(5-7-16)17(23)18-8-9-19(2)3/h4-7H,8-13H2,1-3H3,(H,18,23). The number of benzene rings is 1. The Morgan fingerprint density at radius 3 is 2.15 bits per heavy atom. The van der Waals surface area contributed by atoms with Crippen LogP contribution in [0.4, 0.5) is 0 Å². The number of rotatable bonds is 6. The molecule has 1 aromatic rings. The quantitative estimate of drug-likeness (QED) is 0.738. The molecule has 2 rings (SSSR count).